The fourth-order valence-electron chi connectivity index (χ4n) is 3.05. The highest BCUT2D eigenvalue weighted by molar-refractivity contribution is 6.10. The molecule has 0 aliphatic carbocycles. The Bertz CT molecular complexity index is 1080. The highest BCUT2D eigenvalue weighted by Crippen LogP contribution is 2.22. The zero-order valence-electron chi connectivity index (χ0n) is 18.1. The molecule has 2 aromatic carbocycles. The van der Waals surface area contributed by atoms with Crippen LogP contribution in [0, 0.1) is 19.3 Å². The van der Waals surface area contributed by atoms with Crippen LogP contribution in [0.25, 0.3) is 0 Å². The molecule has 3 aromatic rings. The monoisotopic (exact) mass is 404 g/mol. The number of carbonyl (C=O) groups excluding carboxylic acids is 2. The molecule has 0 bridgehead atoms. The van der Waals surface area contributed by atoms with Gasteiger partial charge in [0.25, 0.3) is 5.91 Å². The first-order valence-electron chi connectivity index (χ1n) is 9.95. The number of hydrogen-bond acceptors (Lipinski definition) is 3. The largest absolute Gasteiger partial charge is 0.325 e. The number of aromatic nitrogens is 2. The summed E-state index contributed by atoms with van der Waals surface area (Å²) in [7, 11) is 0. The molecule has 0 unspecified atom stereocenters. The first-order valence-corrected chi connectivity index (χ1v) is 9.95. The summed E-state index contributed by atoms with van der Waals surface area (Å²) in [6.07, 6.45) is 0. The molecule has 0 fully saturated rings. The Balaban J connectivity index is 1.77. The van der Waals surface area contributed by atoms with Gasteiger partial charge in [-0.1, -0.05) is 45.0 Å². The summed E-state index contributed by atoms with van der Waals surface area (Å²) >= 11 is 0. The normalized spacial score (nSPS) is 11.2. The summed E-state index contributed by atoms with van der Waals surface area (Å²) in [5.41, 5.74) is 4.15. The Hall–Kier alpha value is -3.41. The van der Waals surface area contributed by atoms with Crippen molar-refractivity contribution in [1.82, 2.24) is 9.78 Å². The fourth-order valence-corrected chi connectivity index (χ4v) is 3.05. The number of amides is 2. The molecule has 2 amide bonds. The zero-order valence-corrected chi connectivity index (χ0v) is 18.1. The fraction of sp³-hybridized carbons (Fsp3) is 0.292. The van der Waals surface area contributed by atoms with Crippen LogP contribution in [-0.4, -0.2) is 21.6 Å². The van der Waals surface area contributed by atoms with Crippen molar-refractivity contribution in [2.45, 2.75) is 41.2 Å². The van der Waals surface area contributed by atoms with Gasteiger partial charge in [-0.2, -0.15) is 5.10 Å². The third kappa shape index (κ3) is 5.14. The van der Waals surface area contributed by atoms with E-state index in [1.807, 2.05) is 69.6 Å². The van der Waals surface area contributed by atoms with E-state index in [0.29, 0.717) is 23.5 Å². The molecular weight excluding hydrogens is 376 g/mol. The van der Waals surface area contributed by atoms with Crippen molar-refractivity contribution in [1.29, 1.82) is 0 Å². The van der Waals surface area contributed by atoms with Crippen LogP contribution in [0.1, 0.15) is 48.1 Å². The number of aryl methyl sites for hydroxylation is 2. The predicted octanol–water partition coefficient (Wildman–Crippen LogP) is 4.79. The molecule has 30 heavy (non-hydrogen) atoms. The van der Waals surface area contributed by atoms with Gasteiger partial charge in [0, 0.05) is 16.8 Å². The number of hydrogen-bond donors (Lipinski definition) is 2. The van der Waals surface area contributed by atoms with Gasteiger partial charge in [0.1, 0.15) is 0 Å². The molecular formula is C24H28N4O2. The lowest BCUT2D eigenvalue weighted by Gasteiger charge is -2.19. The standard InChI is InChI=1S/C24H28N4O2/c1-16-13-17(2)28(27-16)15-18-9-8-10-19(14-18)25-22(29)20-11-6-7-12-21(20)26-23(30)24(3,4)5/h6-14H,15H2,1-5H3,(H,25,29)(H,26,30). The topological polar surface area (TPSA) is 76.0 Å². The first kappa shape index (κ1) is 21.3. The lowest BCUT2D eigenvalue weighted by atomic mass is 9.95. The predicted molar refractivity (Wildman–Crippen MR) is 120 cm³/mol. The molecule has 6 nitrogen and oxygen atoms in total. The summed E-state index contributed by atoms with van der Waals surface area (Å²) in [6, 6.07) is 16.7. The van der Waals surface area contributed by atoms with Gasteiger partial charge in [-0.25, -0.2) is 0 Å². The quantitative estimate of drug-likeness (QED) is 0.642. The van der Waals surface area contributed by atoms with Crippen LogP contribution >= 0.6 is 0 Å². The van der Waals surface area contributed by atoms with Crippen molar-refractivity contribution in [3.8, 4) is 0 Å². The van der Waals surface area contributed by atoms with Crippen molar-refractivity contribution in [3.05, 3.63) is 77.1 Å². The Morgan fingerprint density at radius 3 is 2.37 bits per heavy atom. The van der Waals surface area contributed by atoms with E-state index in [0.717, 1.165) is 17.0 Å². The molecule has 1 aromatic heterocycles. The summed E-state index contributed by atoms with van der Waals surface area (Å²) < 4.78 is 1.94. The van der Waals surface area contributed by atoms with Crippen molar-refractivity contribution in [3.63, 3.8) is 0 Å². The van der Waals surface area contributed by atoms with Gasteiger partial charge < -0.3 is 10.6 Å². The molecule has 2 N–H and O–H groups in total. The molecule has 3 rings (SSSR count). The molecule has 0 aliphatic heterocycles. The number of nitrogens with one attached hydrogen (secondary N) is 2. The van der Waals surface area contributed by atoms with Crippen LogP contribution in [0.2, 0.25) is 0 Å². The van der Waals surface area contributed by atoms with Gasteiger partial charge in [-0.3, -0.25) is 14.3 Å². The van der Waals surface area contributed by atoms with Crippen LogP contribution in [0.3, 0.4) is 0 Å². The summed E-state index contributed by atoms with van der Waals surface area (Å²) in [5, 5.41) is 10.3. The maximum Gasteiger partial charge on any atom is 0.257 e. The second-order valence-electron chi connectivity index (χ2n) is 8.49. The van der Waals surface area contributed by atoms with Gasteiger partial charge in [0.05, 0.1) is 23.5 Å². The highest BCUT2D eigenvalue weighted by Gasteiger charge is 2.23. The Morgan fingerprint density at radius 1 is 0.967 bits per heavy atom. The number of rotatable bonds is 5. The molecule has 0 atom stereocenters. The maximum absolute atomic E-state index is 12.9. The second-order valence-corrected chi connectivity index (χ2v) is 8.49. The van der Waals surface area contributed by atoms with E-state index in [-0.39, 0.29) is 11.8 Å². The molecule has 0 radical (unpaired) electrons. The molecule has 0 aliphatic rings. The molecule has 0 saturated carbocycles. The summed E-state index contributed by atoms with van der Waals surface area (Å²) in [4.78, 5) is 25.3. The second kappa shape index (κ2) is 8.53. The Morgan fingerprint density at radius 2 is 1.70 bits per heavy atom. The van der Waals surface area contributed by atoms with Gasteiger partial charge >= 0.3 is 0 Å². The van der Waals surface area contributed by atoms with E-state index >= 15 is 0 Å². The number of para-hydroxylation sites is 1. The van der Waals surface area contributed by atoms with E-state index in [1.165, 1.54) is 0 Å². The Labute approximate surface area is 177 Å². The van der Waals surface area contributed by atoms with Crippen molar-refractivity contribution in [2.24, 2.45) is 5.41 Å². The van der Waals surface area contributed by atoms with Gasteiger partial charge in [-0.05, 0) is 49.7 Å². The minimum absolute atomic E-state index is 0.144. The van der Waals surface area contributed by atoms with Crippen LogP contribution in [0.15, 0.2) is 54.6 Å². The minimum Gasteiger partial charge on any atom is -0.325 e. The number of anilines is 2. The van der Waals surface area contributed by atoms with Crippen LogP contribution in [0.4, 0.5) is 11.4 Å². The molecule has 6 heteroatoms. The first-order chi connectivity index (χ1) is 14.1. The lowest BCUT2D eigenvalue weighted by molar-refractivity contribution is -0.123. The number of carbonyl (C=O) groups is 2. The van der Waals surface area contributed by atoms with E-state index in [1.54, 1.807) is 24.3 Å². The average molecular weight is 405 g/mol. The highest BCUT2D eigenvalue weighted by atomic mass is 16.2. The molecule has 0 saturated heterocycles. The average Bonchev–Trinajstić information content (AvgIpc) is 2.98. The van der Waals surface area contributed by atoms with Gasteiger partial charge in [0.15, 0.2) is 0 Å². The summed E-state index contributed by atoms with van der Waals surface area (Å²) in [5.74, 6) is -0.419. The van der Waals surface area contributed by atoms with E-state index in [2.05, 4.69) is 15.7 Å². The van der Waals surface area contributed by atoms with E-state index < -0.39 is 5.41 Å². The van der Waals surface area contributed by atoms with Crippen LogP contribution < -0.4 is 10.6 Å². The van der Waals surface area contributed by atoms with E-state index in [4.69, 9.17) is 0 Å². The third-order valence-corrected chi connectivity index (χ3v) is 4.72. The number of nitrogens with zero attached hydrogens (tertiary/aromatic N) is 2. The van der Waals surface area contributed by atoms with Gasteiger partial charge in [0.2, 0.25) is 5.91 Å². The van der Waals surface area contributed by atoms with Gasteiger partial charge in [-0.15, -0.1) is 0 Å². The van der Waals surface area contributed by atoms with Crippen molar-refractivity contribution < 1.29 is 9.59 Å². The minimum atomic E-state index is -0.555. The van der Waals surface area contributed by atoms with Crippen molar-refractivity contribution >= 4 is 23.2 Å². The smallest absolute Gasteiger partial charge is 0.257 e. The number of benzene rings is 2. The third-order valence-electron chi connectivity index (χ3n) is 4.72. The van der Waals surface area contributed by atoms with Crippen LogP contribution in [-0.2, 0) is 11.3 Å². The lowest BCUT2D eigenvalue weighted by Crippen LogP contribution is -2.28. The zero-order chi connectivity index (χ0) is 21.9. The van der Waals surface area contributed by atoms with Crippen molar-refractivity contribution in [2.75, 3.05) is 10.6 Å². The molecule has 1 heterocycles. The Kier molecular flexibility index (Phi) is 6.06. The maximum atomic E-state index is 12.9. The molecule has 0 spiro atoms. The van der Waals surface area contributed by atoms with Crippen LogP contribution in [0.5, 0.6) is 0 Å². The molecule has 156 valence electrons. The SMILES string of the molecule is Cc1cc(C)n(Cc2cccc(NC(=O)c3ccccc3NC(=O)C(C)(C)C)c2)n1. The summed E-state index contributed by atoms with van der Waals surface area (Å²) in [6.45, 7) is 10.1. The van der Waals surface area contributed by atoms with E-state index in [9.17, 15) is 9.59 Å².